The Labute approximate surface area is 116 Å². The van der Waals surface area contributed by atoms with Crippen molar-refractivity contribution >= 4 is 34.8 Å². The molecule has 3 N–H and O–H groups in total. The van der Waals surface area contributed by atoms with E-state index in [0.717, 1.165) is 19.5 Å². The van der Waals surface area contributed by atoms with Crippen LogP contribution in [0.4, 0.5) is 5.69 Å². The lowest BCUT2D eigenvalue weighted by Crippen LogP contribution is -2.36. The van der Waals surface area contributed by atoms with Crippen molar-refractivity contribution in [3.8, 4) is 0 Å². The maximum atomic E-state index is 12.1. The molecule has 6 heteroatoms. The first-order valence-electron chi connectivity index (χ1n) is 5.71. The Kier molecular flexibility index (Phi) is 4.00. The number of carbonyl (C=O) groups is 1. The van der Waals surface area contributed by atoms with Crippen LogP contribution in [-0.2, 0) is 0 Å². The molecule has 2 rings (SSSR count). The number of carbonyl (C=O) groups excluding carboxylic acids is 1. The first kappa shape index (κ1) is 13.5. The molecule has 0 radical (unpaired) electrons. The number of hydrogen-bond donors (Lipinski definition) is 2. The fraction of sp³-hybridized carbons (Fsp3) is 0.417. The van der Waals surface area contributed by atoms with E-state index in [9.17, 15) is 4.79 Å². The van der Waals surface area contributed by atoms with Gasteiger partial charge in [0, 0.05) is 18.3 Å². The molecule has 4 nitrogen and oxygen atoms in total. The maximum absolute atomic E-state index is 12.1. The molecular formula is C12H15Cl2N3O. The maximum Gasteiger partial charge on any atom is 0.253 e. The largest absolute Gasteiger partial charge is 0.399 e. The summed E-state index contributed by atoms with van der Waals surface area (Å²) in [6.07, 6.45) is 0.940. The lowest BCUT2D eigenvalue weighted by atomic mass is 10.1. The van der Waals surface area contributed by atoms with Gasteiger partial charge < -0.3 is 16.0 Å². The van der Waals surface area contributed by atoms with E-state index < -0.39 is 0 Å². The minimum atomic E-state index is -0.227. The molecule has 0 aromatic heterocycles. The molecule has 0 bridgehead atoms. The standard InChI is InChI=1S/C12H15Cl2N3O/c1-17-3-2-8(6-17)16-12(18)9-4-7(15)5-10(13)11(9)14/h4-5,8H,2-3,6,15H2,1H3,(H,16,18). The monoisotopic (exact) mass is 287 g/mol. The normalized spacial score (nSPS) is 20.1. The van der Waals surface area contributed by atoms with Crippen molar-refractivity contribution in [3.05, 3.63) is 27.7 Å². The molecule has 18 heavy (non-hydrogen) atoms. The number of halogens is 2. The van der Waals surface area contributed by atoms with E-state index in [4.69, 9.17) is 28.9 Å². The Bertz CT molecular complexity index is 479. The van der Waals surface area contributed by atoms with Gasteiger partial charge in [-0.3, -0.25) is 4.79 Å². The zero-order valence-corrected chi connectivity index (χ0v) is 11.6. The van der Waals surface area contributed by atoms with Gasteiger partial charge in [0.25, 0.3) is 5.91 Å². The van der Waals surface area contributed by atoms with Crippen LogP contribution in [0.2, 0.25) is 10.0 Å². The van der Waals surface area contributed by atoms with Gasteiger partial charge in [0.15, 0.2) is 0 Å². The lowest BCUT2D eigenvalue weighted by Gasteiger charge is -2.14. The second-order valence-corrected chi connectivity index (χ2v) is 5.37. The molecule has 1 aromatic rings. The van der Waals surface area contributed by atoms with E-state index in [1.54, 1.807) is 6.07 Å². The zero-order valence-electron chi connectivity index (χ0n) is 10.0. The van der Waals surface area contributed by atoms with E-state index in [1.165, 1.54) is 6.07 Å². The number of likely N-dealkylation sites (N-methyl/N-ethyl adjacent to an activating group) is 1. The van der Waals surface area contributed by atoms with Crippen LogP contribution in [0.25, 0.3) is 0 Å². The molecule has 1 aliphatic heterocycles. The summed E-state index contributed by atoms with van der Waals surface area (Å²) in [5, 5.41) is 3.48. The SMILES string of the molecule is CN1CCC(NC(=O)c2cc(N)cc(Cl)c2Cl)C1. The number of hydrogen-bond acceptors (Lipinski definition) is 3. The highest BCUT2D eigenvalue weighted by molar-refractivity contribution is 6.44. The zero-order chi connectivity index (χ0) is 13.3. The Hall–Kier alpha value is -0.970. The third-order valence-electron chi connectivity index (χ3n) is 3.02. The van der Waals surface area contributed by atoms with E-state index in [1.807, 2.05) is 7.05 Å². The first-order valence-corrected chi connectivity index (χ1v) is 6.47. The highest BCUT2D eigenvalue weighted by Crippen LogP contribution is 2.28. The predicted molar refractivity (Wildman–Crippen MR) is 74.2 cm³/mol. The number of benzene rings is 1. The van der Waals surface area contributed by atoms with Crippen LogP contribution in [0.3, 0.4) is 0 Å². The molecule has 0 saturated carbocycles. The van der Waals surface area contributed by atoms with Gasteiger partial charge in [-0.1, -0.05) is 23.2 Å². The van der Waals surface area contributed by atoms with Gasteiger partial charge in [-0.05, 0) is 32.1 Å². The highest BCUT2D eigenvalue weighted by atomic mass is 35.5. The average molecular weight is 288 g/mol. The van der Waals surface area contributed by atoms with E-state index in [0.29, 0.717) is 16.3 Å². The number of nitrogens with two attached hydrogens (primary N) is 1. The van der Waals surface area contributed by atoms with Crippen LogP contribution in [0, 0.1) is 0 Å². The molecule has 1 amide bonds. The fourth-order valence-corrected chi connectivity index (χ4v) is 2.51. The number of rotatable bonds is 2. The van der Waals surface area contributed by atoms with E-state index in [2.05, 4.69) is 10.2 Å². The molecule has 1 aliphatic rings. The van der Waals surface area contributed by atoms with Crippen LogP contribution in [-0.4, -0.2) is 37.0 Å². The second kappa shape index (κ2) is 5.34. The highest BCUT2D eigenvalue weighted by Gasteiger charge is 2.23. The summed E-state index contributed by atoms with van der Waals surface area (Å²) in [4.78, 5) is 14.3. The van der Waals surface area contributed by atoms with Crippen LogP contribution >= 0.6 is 23.2 Å². The van der Waals surface area contributed by atoms with Gasteiger partial charge in [0.2, 0.25) is 0 Å². The Morgan fingerprint density at radius 3 is 2.83 bits per heavy atom. The summed E-state index contributed by atoms with van der Waals surface area (Å²) < 4.78 is 0. The number of likely N-dealkylation sites (tertiary alicyclic amines) is 1. The lowest BCUT2D eigenvalue weighted by molar-refractivity contribution is 0.0938. The molecule has 0 spiro atoms. The molecule has 1 atom stereocenters. The third kappa shape index (κ3) is 2.88. The quantitative estimate of drug-likeness (QED) is 0.818. The van der Waals surface area contributed by atoms with Crippen LogP contribution in [0.5, 0.6) is 0 Å². The van der Waals surface area contributed by atoms with Gasteiger partial charge in [-0.15, -0.1) is 0 Å². The van der Waals surface area contributed by atoms with Crippen LogP contribution in [0.15, 0.2) is 12.1 Å². The number of nitrogens with zero attached hydrogens (tertiary/aromatic N) is 1. The van der Waals surface area contributed by atoms with Crippen molar-refractivity contribution in [1.82, 2.24) is 10.2 Å². The molecule has 1 saturated heterocycles. The minimum Gasteiger partial charge on any atom is -0.399 e. The number of amides is 1. The van der Waals surface area contributed by atoms with Crippen molar-refractivity contribution < 1.29 is 4.79 Å². The molecule has 1 unspecified atom stereocenters. The summed E-state index contributed by atoms with van der Waals surface area (Å²) >= 11 is 11.9. The molecule has 98 valence electrons. The van der Waals surface area contributed by atoms with Crippen molar-refractivity contribution in [1.29, 1.82) is 0 Å². The summed E-state index contributed by atoms with van der Waals surface area (Å²) in [5.74, 6) is -0.227. The summed E-state index contributed by atoms with van der Waals surface area (Å²) in [5.41, 5.74) is 6.42. The predicted octanol–water partition coefficient (Wildman–Crippen LogP) is 2.01. The average Bonchev–Trinajstić information content (AvgIpc) is 2.69. The minimum absolute atomic E-state index is 0.152. The van der Waals surface area contributed by atoms with Crippen molar-refractivity contribution in [2.45, 2.75) is 12.5 Å². The van der Waals surface area contributed by atoms with Gasteiger partial charge in [-0.2, -0.15) is 0 Å². The molecular weight excluding hydrogens is 273 g/mol. The molecule has 1 heterocycles. The van der Waals surface area contributed by atoms with Crippen LogP contribution < -0.4 is 11.1 Å². The second-order valence-electron chi connectivity index (χ2n) is 4.59. The van der Waals surface area contributed by atoms with E-state index >= 15 is 0 Å². The van der Waals surface area contributed by atoms with Gasteiger partial charge in [0.05, 0.1) is 15.6 Å². The summed E-state index contributed by atoms with van der Waals surface area (Å²) in [6.45, 7) is 1.83. The van der Waals surface area contributed by atoms with Gasteiger partial charge >= 0.3 is 0 Å². The Balaban J connectivity index is 2.14. The fourth-order valence-electron chi connectivity index (χ4n) is 2.09. The third-order valence-corrected chi connectivity index (χ3v) is 3.82. The Morgan fingerprint density at radius 2 is 2.22 bits per heavy atom. The van der Waals surface area contributed by atoms with Crippen molar-refractivity contribution in [2.75, 3.05) is 25.9 Å². The summed E-state index contributed by atoms with van der Waals surface area (Å²) in [7, 11) is 2.02. The first-order chi connectivity index (χ1) is 8.47. The van der Waals surface area contributed by atoms with E-state index in [-0.39, 0.29) is 17.0 Å². The topological polar surface area (TPSA) is 58.4 Å². The number of anilines is 1. The van der Waals surface area contributed by atoms with Gasteiger partial charge in [0.1, 0.15) is 0 Å². The number of nitrogens with one attached hydrogen (secondary N) is 1. The van der Waals surface area contributed by atoms with Crippen LogP contribution in [0.1, 0.15) is 16.8 Å². The van der Waals surface area contributed by atoms with Crippen molar-refractivity contribution in [3.63, 3.8) is 0 Å². The number of nitrogen functional groups attached to an aromatic ring is 1. The summed E-state index contributed by atoms with van der Waals surface area (Å²) in [6, 6.07) is 3.23. The molecule has 0 aliphatic carbocycles. The Morgan fingerprint density at radius 1 is 1.50 bits per heavy atom. The van der Waals surface area contributed by atoms with Gasteiger partial charge in [-0.25, -0.2) is 0 Å². The molecule has 1 aromatic carbocycles. The molecule has 1 fully saturated rings. The smallest absolute Gasteiger partial charge is 0.253 e. The van der Waals surface area contributed by atoms with Crippen molar-refractivity contribution in [2.24, 2.45) is 0 Å².